The fraction of sp³-hybridized carbons (Fsp3) is 0.273. The van der Waals surface area contributed by atoms with E-state index in [1.807, 2.05) is 12.1 Å². The number of nitrogens with zero attached hydrogens (tertiary/aromatic N) is 4. The SMILES string of the molecule is COc1ccc(CN2CC(c3noc(-c4cccc(C#N)c4)n3)CC2=O)c(OC)c1. The molecule has 0 saturated carbocycles. The van der Waals surface area contributed by atoms with E-state index in [-0.39, 0.29) is 11.8 Å². The van der Waals surface area contributed by atoms with Gasteiger partial charge in [-0.05, 0) is 30.3 Å². The van der Waals surface area contributed by atoms with E-state index in [0.717, 1.165) is 5.56 Å². The van der Waals surface area contributed by atoms with Crippen LogP contribution >= 0.6 is 0 Å². The molecule has 3 aromatic rings. The molecule has 0 radical (unpaired) electrons. The van der Waals surface area contributed by atoms with Crippen molar-refractivity contribution in [2.24, 2.45) is 0 Å². The number of methoxy groups -OCH3 is 2. The Labute approximate surface area is 173 Å². The number of carbonyl (C=O) groups is 1. The van der Waals surface area contributed by atoms with Gasteiger partial charge >= 0.3 is 0 Å². The molecule has 0 aliphatic carbocycles. The molecule has 0 bridgehead atoms. The minimum Gasteiger partial charge on any atom is -0.497 e. The first-order chi connectivity index (χ1) is 14.6. The van der Waals surface area contributed by atoms with Gasteiger partial charge in [0.25, 0.3) is 5.89 Å². The molecule has 1 atom stereocenters. The minimum absolute atomic E-state index is 0.0238. The molecule has 1 aliphatic rings. The average molecular weight is 404 g/mol. The number of nitriles is 1. The molecule has 0 spiro atoms. The molecule has 0 N–H and O–H groups in total. The quantitative estimate of drug-likeness (QED) is 0.622. The Morgan fingerprint density at radius 1 is 1.23 bits per heavy atom. The summed E-state index contributed by atoms with van der Waals surface area (Å²) in [5.74, 6) is 2.06. The normalized spacial score (nSPS) is 15.8. The Balaban J connectivity index is 1.49. The molecule has 2 aromatic carbocycles. The molecule has 1 fully saturated rings. The van der Waals surface area contributed by atoms with Crippen LogP contribution in [-0.4, -0.2) is 41.7 Å². The number of benzene rings is 2. The summed E-state index contributed by atoms with van der Waals surface area (Å²) in [5.41, 5.74) is 2.09. The van der Waals surface area contributed by atoms with Crippen molar-refractivity contribution < 1.29 is 18.8 Å². The van der Waals surface area contributed by atoms with Gasteiger partial charge in [-0.15, -0.1) is 0 Å². The summed E-state index contributed by atoms with van der Waals surface area (Å²) < 4.78 is 16.0. The number of hydrogen-bond donors (Lipinski definition) is 0. The molecule has 1 aliphatic heterocycles. The predicted molar refractivity (Wildman–Crippen MR) is 107 cm³/mol. The van der Waals surface area contributed by atoms with Crippen molar-refractivity contribution in [2.45, 2.75) is 18.9 Å². The van der Waals surface area contributed by atoms with Crippen molar-refractivity contribution in [1.82, 2.24) is 15.0 Å². The lowest BCUT2D eigenvalue weighted by Crippen LogP contribution is -2.24. The van der Waals surface area contributed by atoms with Crippen LogP contribution in [0.4, 0.5) is 0 Å². The Bertz CT molecular complexity index is 1120. The molecule has 1 saturated heterocycles. The number of amides is 1. The van der Waals surface area contributed by atoms with Gasteiger partial charge in [0.15, 0.2) is 5.82 Å². The second-order valence-corrected chi connectivity index (χ2v) is 7.00. The highest BCUT2D eigenvalue weighted by molar-refractivity contribution is 5.79. The molecule has 8 nitrogen and oxygen atoms in total. The van der Waals surface area contributed by atoms with Gasteiger partial charge in [-0.1, -0.05) is 11.2 Å². The summed E-state index contributed by atoms with van der Waals surface area (Å²) in [5, 5.41) is 13.1. The van der Waals surface area contributed by atoms with E-state index >= 15 is 0 Å². The first-order valence-electron chi connectivity index (χ1n) is 9.44. The summed E-state index contributed by atoms with van der Waals surface area (Å²) in [6.45, 7) is 0.919. The van der Waals surface area contributed by atoms with Crippen LogP contribution in [0.3, 0.4) is 0 Å². The summed E-state index contributed by atoms with van der Waals surface area (Å²) in [7, 11) is 3.19. The maximum absolute atomic E-state index is 12.6. The molecule has 1 unspecified atom stereocenters. The summed E-state index contributed by atoms with van der Waals surface area (Å²) in [4.78, 5) is 18.8. The Morgan fingerprint density at radius 3 is 2.87 bits per heavy atom. The summed E-state index contributed by atoms with van der Waals surface area (Å²) in [6, 6.07) is 14.6. The Kier molecular flexibility index (Phi) is 5.35. The van der Waals surface area contributed by atoms with Crippen molar-refractivity contribution in [2.75, 3.05) is 20.8 Å². The fourth-order valence-electron chi connectivity index (χ4n) is 3.53. The van der Waals surface area contributed by atoms with Crippen molar-refractivity contribution in [3.8, 4) is 29.0 Å². The smallest absolute Gasteiger partial charge is 0.257 e. The third-order valence-corrected chi connectivity index (χ3v) is 5.12. The van der Waals surface area contributed by atoms with Crippen LogP contribution in [0.5, 0.6) is 11.5 Å². The fourth-order valence-corrected chi connectivity index (χ4v) is 3.53. The number of aromatic nitrogens is 2. The molecular formula is C22H20N4O4. The lowest BCUT2D eigenvalue weighted by molar-refractivity contribution is -0.128. The van der Waals surface area contributed by atoms with E-state index in [2.05, 4.69) is 16.2 Å². The Hall–Kier alpha value is -3.86. The van der Waals surface area contributed by atoms with Gasteiger partial charge in [-0.25, -0.2) is 0 Å². The zero-order valence-electron chi connectivity index (χ0n) is 16.7. The molecule has 2 heterocycles. The van der Waals surface area contributed by atoms with Crippen molar-refractivity contribution >= 4 is 5.91 Å². The van der Waals surface area contributed by atoms with Crippen LogP contribution in [0.1, 0.15) is 29.3 Å². The van der Waals surface area contributed by atoms with Crippen molar-refractivity contribution in [1.29, 1.82) is 5.26 Å². The van der Waals surface area contributed by atoms with Crippen LogP contribution in [-0.2, 0) is 11.3 Å². The van der Waals surface area contributed by atoms with Crippen molar-refractivity contribution in [3.63, 3.8) is 0 Å². The zero-order chi connectivity index (χ0) is 21.1. The average Bonchev–Trinajstić information content (AvgIpc) is 3.41. The van der Waals surface area contributed by atoms with Gasteiger partial charge in [0.1, 0.15) is 11.5 Å². The standard InChI is InChI=1S/C22H20N4O4/c1-28-18-7-6-16(19(10-18)29-2)12-26-13-17(9-20(26)27)21-24-22(30-25-21)15-5-3-4-14(8-15)11-23/h3-8,10,17H,9,12-13H2,1-2H3. The van der Waals surface area contributed by atoms with E-state index in [0.29, 0.717) is 53.9 Å². The molecule has 4 rings (SSSR count). The first kappa shape index (κ1) is 19.5. The zero-order valence-corrected chi connectivity index (χ0v) is 16.7. The highest BCUT2D eigenvalue weighted by atomic mass is 16.5. The van der Waals surface area contributed by atoms with Crippen LogP contribution in [0.15, 0.2) is 47.0 Å². The number of ether oxygens (including phenoxy) is 2. The Morgan fingerprint density at radius 2 is 2.10 bits per heavy atom. The maximum Gasteiger partial charge on any atom is 0.257 e. The third kappa shape index (κ3) is 3.82. The molecule has 30 heavy (non-hydrogen) atoms. The maximum atomic E-state index is 12.6. The van der Waals surface area contributed by atoms with Gasteiger partial charge in [0.05, 0.1) is 25.9 Å². The van der Waals surface area contributed by atoms with E-state index in [9.17, 15) is 4.79 Å². The highest BCUT2D eigenvalue weighted by Crippen LogP contribution is 2.32. The molecule has 8 heteroatoms. The number of rotatable bonds is 6. The van der Waals surface area contributed by atoms with Gasteiger partial charge in [-0.3, -0.25) is 4.79 Å². The van der Waals surface area contributed by atoms with Crippen molar-refractivity contribution in [3.05, 3.63) is 59.4 Å². The van der Waals surface area contributed by atoms with Gasteiger partial charge in [0.2, 0.25) is 5.91 Å². The molecule has 152 valence electrons. The van der Waals surface area contributed by atoms with E-state index in [4.69, 9.17) is 19.3 Å². The van der Waals surface area contributed by atoms with E-state index in [1.54, 1.807) is 49.5 Å². The van der Waals surface area contributed by atoms with Gasteiger partial charge in [-0.2, -0.15) is 10.2 Å². The molecular weight excluding hydrogens is 384 g/mol. The first-order valence-corrected chi connectivity index (χ1v) is 9.44. The number of likely N-dealkylation sites (tertiary alicyclic amines) is 1. The van der Waals surface area contributed by atoms with Crippen LogP contribution < -0.4 is 9.47 Å². The highest BCUT2D eigenvalue weighted by Gasteiger charge is 2.34. The number of carbonyl (C=O) groups excluding carboxylic acids is 1. The van der Waals surface area contributed by atoms with E-state index in [1.165, 1.54) is 0 Å². The van der Waals surface area contributed by atoms with Crippen LogP contribution in [0.2, 0.25) is 0 Å². The van der Waals surface area contributed by atoms with Crippen LogP contribution in [0.25, 0.3) is 11.5 Å². The monoisotopic (exact) mass is 404 g/mol. The summed E-state index contributed by atoms with van der Waals surface area (Å²) >= 11 is 0. The third-order valence-electron chi connectivity index (χ3n) is 5.12. The van der Waals surface area contributed by atoms with Crippen LogP contribution in [0, 0.1) is 11.3 Å². The summed E-state index contributed by atoms with van der Waals surface area (Å²) in [6.07, 6.45) is 0.315. The topological polar surface area (TPSA) is 101 Å². The molecule has 1 aromatic heterocycles. The second-order valence-electron chi connectivity index (χ2n) is 7.00. The number of hydrogen-bond acceptors (Lipinski definition) is 7. The van der Waals surface area contributed by atoms with E-state index < -0.39 is 0 Å². The molecule has 1 amide bonds. The lowest BCUT2D eigenvalue weighted by atomic mass is 10.1. The largest absolute Gasteiger partial charge is 0.497 e. The van der Waals surface area contributed by atoms with Gasteiger partial charge in [0, 0.05) is 42.6 Å². The lowest BCUT2D eigenvalue weighted by Gasteiger charge is -2.18. The van der Waals surface area contributed by atoms with Gasteiger partial charge < -0.3 is 18.9 Å². The minimum atomic E-state index is -0.154. The second kappa shape index (κ2) is 8.25. The predicted octanol–water partition coefficient (Wildman–Crippen LogP) is 3.14.